The number of aromatic nitrogens is 4. The van der Waals surface area contributed by atoms with Crippen LogP contribution in [0, 0.1) is 0 Å². The second-order valence-electron chi connectivity index (χ2n) is 5.47. The highest BCUT2D eigenvalue weighted by molar-refractivity contribution is 5.42. The van der Waals surface area contributed by atoms with E-state index in [1.165, 1.54) is 12.8 Å². The summed E-state index contributed by atoms with van der Waals surface area (Å²) in [5.41, 5.74) is 0. The van der Waals surface area contributed by atoms with E-state index >= 15 is 0 Å². The molecule has 7 nitrogen and oxygen atoms in total. The Balaban J connectivity index is 1.44. The van der Waals surface area contributed by atoms with Crippen molar-refractivity contribution in [2.24, 2.45) is 0 Å². The van der Waals surface area contributed by atoms with Gasteiger partial charge in [0.2, 0.25) is 5.89 Å². The smallest absolute Gasteiger partial charge is 0.283 e. The molecule has 0 unspecified atom stereocenters. The molecule has 1 aliphatic rings. The van der Waals surface area contributed by atoms with Gasteiger partial charge in [0, 0.05) is 18.4 Å². The van der Waals surface area contributed by atoms with Gasteiger partial charge >= 0.3 is 0 Å². The molecule has 1 saturated heterocycles. The lowest BCUT2D eigenvalue weighted by Crippen LogP contribution is -2.32. The predicted octanol–water partition coefficient (Wildman–Crippen LogP) is 2.19. The van der Waals surface area contributed by atoms with Gasteiger partial charge in [-0.15, -0.1) is 10.2 Å². The molecule has 1 aliphatic heterocycles. The molecule has 3 aromatic heterocycles. The van der Waals surface area contributed by atoms with Crippen LogP contribution >= 0.6 is 0 Å². The molecule has 0 saturated carbocycles. The minimum Gasteiger partial charge on any atom is -0.459 e. The van der Waals surface area contributed by atoms with Crippen molar-refractivity contribution in [3.8, 4) is 11.7 Å². The monoisotopic (exact) mass is 299 g/mol. The third kappa shape index (κ3) is 2.67. The second kappa shape index (κ2) is 5.76. The zero-order valence-electron chi connectivity index (χ0n) is 12.1. The summed E-state index contributed by atoms with van der Waals surface area (Å²) in [7, 11) is 0. The number of furan rings is 1. The summed E-state index contributed by atoms with van der Waals surface area (Å²) in [6.07, 6.45) is 7.76. The molecule has 0 spiro atoms. The first-order chi connectivity index (χ1) is 10.9. The van der Waals surface area contributed by atoms with Gasteiger partial charge in [0.25, 0.3) is 5.89 Å². The lowest BCUT2D eigenvalue weighted by Gasteiger charge is -2.22. The first-order valence-corrected chi connectivity index (χ1v) is 7.46. The minimum atomic E-state index is 0.433. The maximum absolute atomic E-state index is 5.69. The molecule has 0 aromatic carbocycles. The van der Waals surface area contributed by atoms with Gasteiger partial charge in [-0.2, -0.15) is 5.10 Å². The number of hydrogen-bond donors (Lipinski definition) is 0. The molecule has 3 aromatic rings. The highest BCUT2D eigenvalue weighted by Crippen LogP contribution is 2.23. The Morgan fingerprint density at radius 3 is 3.09 bits per heavy atom. The van der Waals surface area contributed by atoms with E-state index in [4.69, 9.17) is 8.83 Å². The summed E-state index contributed by atoms with van der Waals surface area (Å²) in [4.78, 5) is 2.38. The molecule has 0 amide bonds. The van der Waals surface area contributed by atoms with Crippen molar-refractivity contribution in [1.82, 2.24) is 24.9 Å². The summed E-state index contributed by atoms with van der Waals surface area (Å²) in [5.74, 6) is 1.66. The molecule has 114 valence electrons. The number of hydrogen-bond acceptors (Lipinski definition) is 6. The SMILES string of the molecule is c1coc(-c2nnc(CN3CCC[C@H]3Cn3cccn3)o2)c1. The molecule has 7 heteroatoms. The Morgan fingerprint density at radius 1 is 1.27 bits per heavy atom. The Kier molecular flexibility index (Phi) is 3.48. The summed E-state index contributed by atoms with van der Waals surface area (Å²) in [5, 5.41) is 12.5. The highest BCUT2D eigenvalue weighted by atomic mass is 16.4. The summed E-state index contributed by atoms with van der Waals surface area (Å²) in [6.45, 7) is 2.61. The maximum Gasteiger partial charge on any atom is 0.283 e. The van der Waals surface area contributed by atoms with E-state index in [1.807, 2.05) is 29.2 Å². The van der Waals surface area contributed by atoms with Crippen molar-refractivity contribution in [1.29, 1.82) is 0 Å². The first-order valence-electron chi connectivity index (χ1n) is 7.46. The number of rotatable bonds is 5. The van der Waals surface area contributed by atoms with Crippen molar-refractivity contribution in [3.63, 3.8) is 0 Å². The van der Waals surface area contributed by atoms with Gasteiger partial charge in [0.15, 0.2) is 5.76 Å². The van der Waals surface area contributed by atoms with Crippen molar-refractivity contribution in [2.75, 3.05) is 6.54 Å². The van der Waals surface area contributed by atoms with Gasteiger partial charge in [-0.25, -0.2) is 0 Å². The maximum atomic E-state index is 5.69. The van der Waals surface area contributed by atoms with E-state index in [0.717, 1.165) is 13.1 Å². The molecule has 1 fully saturated rings. The van der Waals surface area contributed by atoms with Gasteiger partial charge in [-0.05, 0) is 37.6 Å². The lowest BCUT2D eigenvalue weighted by atomic mass is 10.2. The Bertz CT molecular complexity index is 704. The second-order valence-corrected chi connectivity index (χ2v) is 5.47. The first kappa shape index (κ1) is 13.3. The zero-order chi connectivity index (χ0) is 14.8. The topological polar surface area (TPSA) is 73.1 Å². The normalized spacial score (nSPS) is 19.0. The van der Waals surface area contributed by atoms with Crippen LogP contribution < -0.4 is 0 Å². The standard InChI is InChI=1S/C15H17N5O2/c1-4-12(10-20-8-3-6-16-20)19(7-1)11-14-17-18-15(22-14)13-5-2-9-21-13/h2-3,5-6,8-9,12H,1,4,7,10-11H2/t12-/m0/s1. The van der Waals surface area contributed by atoms with Crippen molar-refractivity contribution >= 4 is 0 Å². The highest BCUT2D eigenvalue weighted by Gasteiger charge is 2.26. The van der Waals surface area contributed by atoms with Gasteiger partial charge < -0.3 is 8.83 Å². The fourth-order valence-corrected chi connectivity index (χ4v) is 2.93. The third-order valence-corrected chi connectivity index (χ3v) is 3.99. The van der Waals surface area contributed by atoms with E-state index in [-0.39, 0.29) is 0 Å². The van der Waals surface area contributed by atoms with Crippen LogP contribution in [0.2, 0.25) is 0 Å². The van der Waals surface area contributed by atoms with Crippen molar-refractivity contribution in [2.45, 2.75) is 32.0 Å². The molecule has 1 atom stereocenters. The zero-order valence-corrected chi connectivity index (χ0v) is 12.1. The van der Waals surface area contributed by atoms with Crippen LogP contribution in [0.15, 0.2) is 45.7 Å². The summed E-state index contributed by atoms with van der Waals surface area (Å²) < 4.78 is 12.9. The molecular formula is C15H17N5O2. The van der Waals surface area contributed by atoms with Gasteiger partial charge in [0.05, 0.1) is 19.4 Å². The van der Waals surface area contributed by atoms with Crippen LogP contribution in [0.3, 0.4) is 0 Å². The van der Waals surface area contributed by atoms with Crippen molar-refractivity contribution in [3.05, 3.63) is 42.7 Å². The minimum absolute atomic E-state index is 0.433. The quantitative estimate of drug-likeness (QED) is 0.719. The van der Waals surface area contributed by atoms with Crippen LogP contribution in [0.1, 0.15) is 18.7 Å². The molecule has 0 radical (unpaired) electrons. The molecule has 0 N–H and O–H groups in total. The Hall–Kier alpha value is -2.41. The largest absolute Gasteiger partial charge is 0.459 e. The molecule has 4 heterocycles. The molecular weight excluding hydrogens is 282 g/mol. The van der Waals surface area contributed by atoms with Crippen LogP contribution in [0.4, 0.5) is 0 Å². The van der Waals surface area contributed by atoms with Crippen molar-refractivity contribution < 1.29 is 8.83 Å². The van der Waals surface area contributed by atoms with Crippen LogP contribution in [-0.2, 0) is 13.1 Å². The molecule has 4 rings (SSSR count). The predicted molar refractivity (Wildman–Crippen MR) is 77.7 cm³/mol. The van der Waals surface area contributed by atoms with Crippen LogP contribution in [0.5, 0.6) is 0 Å². The lowest BCUT2D eigenvalue weighted by molar-refractivity contribution is 0.200. The fourth-order valence-electron chi connectivity index (χ4n) is 2.93. The van der Waals surface area contributed by atoms with Gasteiger partial charge in [-0.3, -0.25) is 9.58 Å². The van der Waals surface area contributed by atoms with E-state index in [2.05, 4.69) is 20.2 Å². The number of likely N-dealkylation sites (tertiary alicyclic amines) is 1. The van der Waals surface area contributed by atoms with E-state index in [0.29, 0.717) is 30.1 Å². The number of nitrogens with zero attached hydrogens (tertiary/aromatic N) is 5. The average molecular weight is 299 g/mol. The van der Waals surface area contributed by atoms with Gasteiger partial charge in [0.1, 0.15) is 0 Å². The van der Waals surface area contributed by atoms with E-state index in [1.54, 1.807) is 12.3 Å². The van der Waals surface area contributed by atoms with Crippen LogP contribution in [-0.4, -0.2) is 37.5 Å². The fraction of sp³-hybridized carbons (Fsp3) is 0.400. The summed E-state index contributed by atoms with van der Waals surface area (Å²) >= 11 is 0. The molecule has 0 aliphatic carbocycles. The average Bonchev–Trinajstić information content (AvgIpc) is 3.28. The van der Waals surface area contributed by atoms with Gasteiger partial charge in [-0.1, -0.05) is 0 Å². The van der Waals surface area contributed by atoms with E-state index in [9.17, 15) is 0 Å². The molecule has 0 bridgehead atoms. The Morgan fingerprint density at radius 2 is 2.27 bits per heavy atom. The third-order valence-electron chi connectivity index (χ3n) is 3.99. The van der Waals surface area contributed by atoms with Crippen LogP contribution in [0.25, 0.3) is 11.7 Å². The Labute approximate surface area is 127 Å². The molecule has 22 heavy (non-hydrogen) atoms. The summed E-state index contributed by atoms with van der Waals surface area (Å²) in [6, 6.07) is 6.03. The van der Waals surface area contributed by atoms with E-state index < -0.39 is 0 Å².